The fraction of sp³-hybridized carbons (Fsp3) is 0.500. The molecule has 0 radical (unpaired) electrons. The molecule has 1 atom stereocenters. The lowest BCUT2D eigenvalue weighted by molar-refractivity contribution is -0.119. The lowest BCUT2D eigenvalue weighted by Gasteiger charge is -2.15. The first-order valence-electron chi connectivity index (χ1n) is 7.61. The van der Waals surface area contributed by atoms with Crippen molar-refractivity contribution in [1.29, 1.82) is 0 Å². The lowest BCUT2D eigenvalue weighted by Crippen LogP contribution is -2.25. The van der Waals surface area contributed by atoms with Gasteiger partial charge in [0.2, 0.25) is 10.0 Å². The Bertz CT molecular complexity index is 726. The molecule has 0 amide bonds. The van der Waals surface area contributed by atoms with Gasteiger partial charge in [-0.3, -0.25) is 14.3 Å². The van der Waals surface area contributed by atoms with E-state index in [1.54, 1.807) is 13.8 Å². The van der Waals surface area contributed by atoms with Gasteiger partial charge in [0.15, 0.2) is 5.78 Å². The van der Waals surface area contributed by atoms with Crippen LogP contribution >= 0.6 is 11.6 Å². The highest BCUT2D eigenvalue weighted by atomic mass is 35.5. The number of nitrogens with one attached hydrogen (secondary N) is 1. The third-order valence-electron chi connectivity index (χ3n) is 4.01. The number of halogens is 1. The van der Waals surface area contributed by atoms with Gasteiger partial charge in [-0.2, -0.15) is 0 Å². The number of carbonyl (C=O) groups is 2. The molecule has 126 valence electrons. The second-order valence-corrected chi connectivity index (χ2v) is 8.43. The van der Waals surface area contributed by atoms with Crippen molar-refractivity contribution in [2.45, 2.75) is 44.8 Å². The van der Waals surface area contributed by atoms with Crippen LogP contribution in [0.1, 0.15) is 49.9 Å². The molecule has 0 bridgehead atoms. The van der Waals surface area contributed by atoms with Crippen LogP contribution in [-0.4, -0.2) is 25.2 Å². The molecule has 0 aliphatic heterocycles. The minimum Gasteiger partial charge on any atom is -0.299 e. The Labute approximate surface area is 141 Å². The maximum Gasteiger partial charge on any atom is 0.235 e. The van der Waals surface area contributed by atoms with Crippen LogP contribution in [-0.2, 0) is 14.8 Å². The first-order chi connectivity index (χ1) is 10.7. The predicted octanol–water partition coefficient (Wildman–Crippen LogP) is 3.43. The molecule has 5 nitrogen and oxygen atoms in total. The molecule has 1 fully saturated rings. The largest absolute Gasteiger partial charge is 0.299 e. The lowest BCUT2D eigenvalue weighted by atomic mass is 10.0. The molecule has 1 aromatic carbocycles. The molecule has 1 N–H and O–H groups in total. The van der Waals surface area contributed by atoms with Crippen molar-refractivity contribution in [3.05, 3.63) is 28.8 Å². The zero-order chi connectivity index (χ0) is 17.2. The van der Waals surface area contributed by atoms with E-state index in [9.17, 15) is 18.0 Å². The summed E-state index contributed by atoms with van der Waals surface area (Å²) in [6.07, 6.45) is 1.91. The van der Waals surface area contributed by atoms with Crippen molar-refractivity contribution >= 4 is 38.9 Å². The summed E-state index contributed by atoms with van der Waals surface area (Å²) in [4.78, 5) is 24.2. The van der Waals surface area contributed by atoms with E-state index in [1.165, 1.54) is 18.2 Å². The number of ketones is 2. The Kier molecular flexibility index (Phi) is 5.47. The summed E-state index contributed by atoms with van der Waals surface area (Å²) in [7, 11) is -3.61. The van der Waals surface area contributed by atoms with Crippen LogP contribution < -0.4 is 4.72 Å². The average Bonchev–Trinajstić information content (AvgIpc) is 3.30. The first-order valence-corrected chi connectivity index (χ1v) is 9.54. The summed E-state index contributed by atoms with van der Waals surface area (Å²) in [5.41, 5.74) is 0.307. The highest BCUT2D eigenvalue weighted by Gasteiger charge is 2.31. The quantitative estimate of drug-likeness (QED) is 0.571. The monoisotopic (exact) mass is 357 g/mol. The standard InChI is InChI=1S/C16H20ClNO4S/c1-3-10(2)23(21,22)18-14-8-12(17)6-7-13(14)16(20)9-15(19)11-4-5-11/h6-8,10-11,18H,3-5,9H2,1-2H3. The molecule has 7 heteroatoms. The van der Waals surface area contributed by atoms with Gasteiger partial charge >= 0.3 is 0 Å². The van der Waals surface area contributed by atoms with Gasteiger partial charge in [-0.25, -0.2) is 8.42 Å². The Hall–Kier alpha value is -1.40. The molecule has 1 aliphatic rings. The number of benzene rings is 1. The molecule has 1 aromatic rings. The summed E-state index contributed by atoms with van der Waals surface area (Å²) in [5, 5.41) is -0.283. The minimum atomic E-state index is -3.61. The van der Waals surface area contributed by atoms with E-state index in [2.05, 4.69) is 4.72 Å². The number of hydrogen-bond donors (Lipinski definition) is 1. The van der Waals surface area contributed by atoms with Gasteiger partial charge < -0.3 is 0 Å². The van der Waals surface area contributed by atoms with Crippen LogP contribution in [0.25, 0.3) is 0 Å². The first kappa shape index (κ1) is 17.9. The van der Waals surface area contributed by atoms with E-state index >= 15 is 0 Å². The van der Waals surface area contributed by atoms with Gasteiger partial charge in [-0.05, 0) is 44.4 Å². The van der Waals surface area contributed by atoms with Crippen LogP contribution in [0.3, 0.4) is 0 Å². The Morgan fingerprint density at radius 3 is 2.57 bits per heavy atom. The smallest absolute Gasteiger partial charge is 0.235 e. The van der Waals surface area contributed by atoms with Crippen LogP contribution in [0.4, 0.5) is 5.69 Å². The molecule has 2 rings (SSSR count). The SMILES string of the molecule is CCC(C)S(=O)(=O)Nc1cc(Cl)ccc1C(=O)CC(=O)C1CC1. The molecule has 0 aromatic heterocycles. The van der Waals surface area contributed by atoms with Crippen molar-refractivity contribution in [2.75, 3.05) is 4.72 Å². The van der Waals surface area contributed by atoms with Crippen molar-refractivity contribution in [3.8, 4) is 0 Å². The van der Waals surface area contributed by atoms with Gasteiger partial charge in [-0.15, -0.1) is 0 Å². The number of hydrogen-bond acceptors (Lipinski definition) is 4. The van der Waals surface area contributed by atoms with Gasteiger partial charge in [0.25, 0.3) is 0 Å². The van der Waals surface area contributed by atoms with Gasteiger partial charge in [0.1, 0.15) is 5.78 Å². The van der Waals surface area contributed by atoms with E-state index < -0.39 is 15.3 Å². The predicted molar refractivity (Wildman–Crippen MR) is 90.4 cm³/mol. The normalized spacial score (nSPS) is 16.0. The molecular formula is C16H20ClNO4S. The highest BCUT2D eigenvalue weighted by Crippen LogP contribution is 2.32. The zero-order valence-corrected chi connectivity index (χ0v) is 14.7. The van der Waals surface area contributed by atoms with Gasteiger partial charge in [0.05, 0.1) is 17.4 Å². The summed E-state index contributed by atoms with van der Waals surface area (Å²) in [6.45, 7) is 3.35. The Morgan fingerprint density at radius 1 is 1.35 bits per heavy atom. The summed E-state index contributed by atoms with van der Waals surface area (Å²) < 4.78 is 26.9. The average molecular weight is 358 g/mol. The summed E-state index contributed by atoms with van der Waals surface area (Å²) in [6, 6.07) is 4.37. The Balaban J connectivity index is 2.26. The number of rotatable bonds is 8. The van der Waals surface area contributed by atoms with Crippen molar-refractivity contribution < 1.29 is 18.0 Å². The van der Waals surface area contributed by atoms with Crippen LogP contribution in [0.2, 0.25) is 5.02 Å². The molecule has 1 unspecified atom stereocenters. The second kappa shape index (κ2) is 7.01. The third kappa shape index (κ3) is 4.54. The highest BCUT2D eigenvalue weighted by molar-refractivity contribution is 7.93. The number of Topliss-reactive ketones (excluding diaryl/α,β-unsaturated/α-hetero) is 2. The molecule has 1 saturated carbocycles. The van der Waals surface area contributed by atoms with E-state index in [0.717, 1.165) is 12.8 Å². The molecular weight excluding hydrogens is 338 g/mol. The van der Waals surface area contributed by atoms with E-state index in [0.29, 0.717) is 11.4 Å². The van der Waals surface area contributed by atoms with E-state index in [4.69, 9.17) is 11.6 Å². The zero-order valence-electron chi connectivity index (χ0n) is 13.1. The third-order valence-corrected chi connectivity index (χ3v) is 6.14. The van der Waals surface area contributed by atoms with E-state index in [-0.39, 0.29) is 35.2 Å². The van der Waals surface area contributed by atoms with Crippen molar-refractivity contribution in [2.24, 2.45) is 5.92 Å². The molecule has 23 heavy (non-hydrogen) atoms. The van der Waals surface area contributed by atoms with Gasteiger partial charge in [0, 0.05) is 16.5 Å². The van der Waals surface area contributed by atoms with Gasteiger partial charge in [-0.1, -0.05) is 18.5 Å². The molecule has 0 saturated heterocycles. The fourth-order valence-corrected chi connectivity index (χ4v) is 3.41. The summed E-state index contributed by atoms with van der Waals surface area (Å²) in [5.74, 6) is -0.479. The maximum absolute atomic E-state index is 12.3. The van der Waals surface area contributed by atoms with Crippen LogP contribution in [0.15, 0.2) is 18.2 Å². The molecule has 0 spiro atoms. The van der Waals surface area contributed by atoms with Crippen molar-refractivity contribution in [1.82, 2.24) is 0 Å². The van der Waals surface area contributed by atoms with E-state index in [1.807, 2.05) is 0 Å². The van der Waals surface area contributed by atoms with Crippen molar-refractivity contribution in [3.63, 3.8) is 0 Å². The molecule has 0 heterocycles. The summed E-state index contributed by atoms with van der Waals surface area (Å²) >= 11 is 5.92. The van der Waals surface area contributed by atoms with Crippen LogP contribution in [0, 0.1) is 5.92 Å². The maximum atomic E-state index is 12.3. The second-order valence-electron chi connectivity index (χ2n) is 5.90. The topological polar surface area (TPSA) is 80.3 Å². The Morgan fingerprint density at radius 2 is 2.00 bits per heavy atom. The number of sulfonamides is 1. The minimum absolute atomic E-state index is 0.00787. The number of anilines is 1. The molecule has 1 aliphatic carbocycles. The van der Waals surface area contributed by atoms with Crippen LogP contribution in [0.5, 0.6) is 0 Å². The number of carbonyl (C=O) groups excluding carboxylic acids is 2. The fourth-order valence-electron chi connectivity index (χ4n) is 2.12.